The molecule has 0 radical (unpaired) electrons. The molecule has 186 valence electrons. The lowest BCUT2D eigenvalue weighted by Crippen LogP contribution is -2.30. The van der Waals surface area contributed by atoms with Crippen LogP contribution in [0.4, 0.5) is 11.4 Å². The third-order valence-electron chi connectivity index (χ3n) is 7.97. The Hall–Kier alpha value is -4.67. The van der Waals surface area contributed by atoms with E-state index in [0.717, 1.165) is 22.5 Å². The molecule has 2 heterocycles. The molecule has 1 aromatic heterocycles. The molecular weight excluding hydrogens is 494 g/mol. The van der Waals surface area contributed by atoms with Gasteiger partial charge in [0.2, 0.25) is 0 Å². The van der Waals surface area contributed by atoms with Crippen LogP contribution in [0.25, 0.3) is 30.9 Å². The minimum atomic E-state index is 0.0707. The number of para-hydroxylation sites is 1. The molecule has 0 fully saturated rings. The molecule has 6 aromatic rings. The number of anilines is 2. The number of nitrogens with two attached hydrogens (primary N) is 1. The van der Waals surface area contributed by atoms with E-state index in [9.17, 15) is 0 Å². The monoisotopic (exact) mass is 519 g/mol. The maximum Gasteiger partial charge on any atom is 0.100 e. The third-order valence-corrected chi connectivity index (χ3v) is 9.17. The van der Waals surface area contributed by atoms with Crippen molar-refractivity contribution in [3.05, 3.63) is 144 Å². The van der Waals surface area contributed by atoms with Gasteiger partial charge in [-0.3, -0.25) is 5.01 Å². The minimum Gasteiger partial charge on any atom is -0.398 e. The molecule has 39 heavy (non-hydrogen) atoms. The minimum absolute atomic E-state index is 0.0707. The normalized spacial score (nSPS) is 18.3. The van der Waals surface area contributed by atoms with E-state index in [1.807, 2.05) is 35.6 Å². The van der Waals surface area contributed by atoms with Crippen LogP contribution in [0, 0.1) is 0 Å². The van der Waals surface area contributed by atoms with E-state index < -0.39 is 0 Å². The zero-order valence-electron chi connectivity index (χ0n) is 21.2. The van der Waals surface area contributed by atoms with E-state index in [-0.39, 0.29) is 12.0 Å². The first-order chi connectivity index (χ1) is 19.3. The summed E-state index contributed by atoms with van der Waals surface area (Å²) in [6.45, 7) is 0. The molecule has 1 unspecified atom stereocenters. The Morgan fingerprint density at radius 3 is 2.26 bits per heavy atom. The Morgan fingerprint density at radius 1 is 0.718 bits per heavy atom. The van der Waals surface area contributed by atoms with E-state index in [4.69, 9.17) is 10.8 Å². The number of allylic oxidation sites excluding steroid dienone is 2. The van der Waals surface area contributed by atoms with Crippen LogP contribution in [0.2, 0.25) is 0 Å². The van der Waals surface area contributed by atoms with Crippen molar-refractivity contribution in [2.45, 2.75) is 12.0 Å². The van der Waals surface area contributed by atoms with Gasteiger partial charge in [-0.25, -0.2) is 0 Å². The molecular formula is C35H25N3S. The maximum atomic E-state index is 6.55. The first-order valence-corrected chi connectivity index (χ1v) is 14.1. The van der Waals surface area contributed by atoms with Crippen molar-refractivity contribution in [1.29, 1.82) is 0 Å². The fraction of sp³-hybridized carbons (Fsp3) is 0.0571. The number of fused-ring (bicyclic) bond motifs is 10. The Bertz CT molecular complexity index is 2000. The molecule has 0 spiro atoms. The maximum absolute atomic E-state index is 6.55. The molecule has 2 N–H and O–H groups in total. The van der Waals surface area contributed by atoms with Crippen LogP contribution in [-0.2, 0) is 0 Å². The smallest absolute Gasteiger partial charge is 0.100 e. The first-order valence-electron chi connectivity index (χ1n) is 13.3. The zero-order valence-corrected chi connectivity index (χ0v) is 22.0. The second-order valence-corrected chi connectivity index (χ2v) is 11.2. The van der Waals surface area contributed by atoms with Gasteiger partial charge in [-0.15, -0.1) is 11.3 Å². The van der Waals surface area contributed by atoms with Crippen molar-refractivity contribution in [3.8, 4) is 0 Å². The summed E-state index contributed by atoms with van der Waals surface area (Å²) in [6.07, 6.45) is 8.97. The summed E-state index contributed by atoms with van der Waals surface area (Å²) >= 11 is 1.89. The molecule has 4 heteroatoms. The van der Waals surface area contributed by atoms with Crippen LogP contribution in [0.1, 0.15) is 22.6 Å². The van der Waals surface area contributed by atoms with Gasteiger partial charge in [0.1, 0.15) is 5.71 Å². The first kappa shape index (κ1) is 22.3. The predicted molar refractivity (Wildman–Crippen MR) is 167 cm³/mol. The molecule has 0 saturated heterocycles. The molecule has 2 atom stereocenters. The Labute approximate surface area is 230 Å². The summed E-state index contributed by atoms with van der Waals surface area (Å²) in [6, 6.07) is 36.1. The van der Waals surface area contributed by atoms with Crippen LogP contribution >= 0.6 is 11.3 Å². The fourth-order valence-corrected chi connectivity index (χ4v) is 7.53. The highest BCUT2D eigenvalue weighted by Gasteiger charge is 2.41. The van der Waals surface area contributed by atoms with Crippen LogP contribution in [0.15, 0.2) is 133 Å². The quantitative estimate of drug-likeness (QED) is 0.188. The van der Waals surface area contributed by atoms with Gasteiger partial charge >= 0.3 is 0 Å². The summed E-state index contributed by atoms with van der Waals surface area (Å²) < 4.78 is 2.68. The van der Waals surface area contributed by atoms with E-state index in [1.54, 1.807) is 0 Å². The fourth-order valence-electron chi connectivity index (χ4n) is 6.27. The van der Waals surface area contributed by atoms with Crippen molar-refractivity contribution in [2.24, 2.45) is 5.10 Å². The highest BCUT2D eigenvalue weighted by molar-refractivity contribution is 7.26. The molecule has 2 aliphatic rings. The largest absolute Gasteiger partial charge is 0.398 e. The Morgan fingerprint density at radius 2 is 1.41 bits per heavy atom. The van der Waals surface area contributed by atoms with Crippen LogP contribution in [-0.4, -0.2) is 11.8 Å². The molecule has 0 saturated carbocycles. The number of hydrazone groups is 1. The van der Waals surface area contributed by atoms with E-state index >= 15 is 0 Å². The van der Waals surface area contributed by atoms with Crippen molar-refractivity contribution >= 4 is 59.4 Å². The van der Waals surface area contributed by atoms with Gasteiger partial charge in [0.05, 0.1) is 11.7 Å². The van der Waals surface area contributed by atoms with Gasteiger partial charge in [-0.05, 0) is 17.7 Å². The van der Waals surface area contributed by atoms with Gasteiger partial charge in [-0.2, -0.15) is 5.10 Å². The van der Waals surface area contributed by atoms with Crippen molar-refractivity contribution in [1.82, 2.24) is 0 Å². The lowest BCUT2D eigenvalue weighted by Gasteiger charge is -2.26. The third kappa shape index (κ3) is 3.32. The number of hydrogen-bond donors (Lipinski definition) is 1. The van der Waals surface area contributed by atoms with Gasteiger partial charge in [-0.1, -0.05) is 115 Å². The number of thiophene rings is 1. The molecule has 3 nitrogen and oxygen atoms in total. The summed E-state index contributed by atoms with van der Waals surface area (Å²) in [5, 5.41) is 13.0. The molecule has 1 aliphatic carbocycles. The summed E-state index contributed by atoms with van der Waals surface area (Å²) in [4.78, 5) is 0. The van der Waals surface area contributed by atoms with Crippen LogP contribution in [0.3, 0.4) is 0 Å². The lowest BCUT2D eigenvalue weighted by atomic mass is 9.87. The second-order valence-electron chi connectivity index (χ2n) is 10.1. The van der Waals surface area contributed by atoms with Crippen molar-refractivity contribution in [3.63, 3.8) is 0 Å². The van der Waals surface area contributed by atoms with E-state index in [0.29, 0.717) is 0 Å². The van der Waals surface area contributed by atoms with Gasteiger partial charge in [0, 0.05) is 53.7 Å². The van der Waals surface area contributed by atoms with Crippen molar-refractivity contribution < 1.29 is 0 Å². The number of nitrogen functional groups attached to an aromatic ring is 1. The van der Waals surface area contributed by atoms with Gasteiger partial charge < -0.3 is 5.73 Å². The lowest BCUT2D eigenvalue weighted by molar-refractivity contribution is 0.697. The summed E-state index contributed by atoms with van der Waals surface area (Å²) in [5.74, 6) is 0.198. The highest BCUT2D eigenvalue weighted by Crippen LogP contribution is 2.54. The summed E-state index contributed by atoms with van der Waals surface area (Å²) in [7, 11) is 0. The molecule has 5 aromatic carbocycles. The molecule has 8 rings (SSSR count). The van der Waals surface area contributed by atoms with Crippen molar-refractivity contribution in [2.75, 3.05) is 10.7 Å². The highest BCUT2D eigenvalue weighted by atomic mass is 32.1. The average Bonchev–Trinajstić information content (AvgIpc) is 3.53. The second kappa shape index (κ2) is 8.69. The van der Waals surface area contributed by atoms with Crippen LogP contribution in [0.5, 0.6) is 0 Å². The van der Waals surface area contributed by atoms with Gasteiger partial charge in [0.25, 0.3) is 0 Å². The van der Waals surface area contributed by atoms with Crippen LogP contribution < -0.4 is 10.7 Å². The predicted octanol–water partition coefficient (Wildman–Crippen LogP) is 8.64. The number of rotatable bonds is 3. The standard InChI is InChI=1S/C35H25N3S/c36-28-19-9-6-16-25(28)33(22-12-2-1-3-13-22)37-38-29-20-10-7-17-26(29)31-32-27-18-8-11-21-30(27)39-35(32)24-15-5-4-14-23(24)34(31)38/h1-21,26,29H,36H2/t26-,29?/m0/s1. The molecule has 0 amide bonds. The number of hydrogen-bond acceptors (Lipinski definition) is 4. The summed E-state index contributed by atoms with van der Waals surface area (Å²) in [5.41, 5.74) is 12.7. The number of benzene rings is 5. The number of nitrogens with zero attached hydrogens (tertiary/aromatic N) is 2. The van der Waals surface area contributed by atoms with E-state index in [1.165, 1.54) is 42.2 Å². The van der Waals surface area contributed by atoms with E-state index in [2.05, 4.69) is 108 Å². The molecule has 0 bridgehead atoms. The Balaban J connectivity index is 1.50. The average molecular weight is 520 g/mol. The molecule has 1 aliphatic heterocycles. The Kier molecular flexibility index (Phi) is 4.97. The topological polar surface area (TPSA) is 41.6 Å². The zero-order chi connectivity index (χ0) is 25.9. The van der Waals surface area contributed by atoms with Gasteiger partial charge in [0.15, 0.2) is 0 Å². The SMILES string of the molecule is Nc1ccccc1C(=NN1c2c(c3c4ccccc4sc3c3ccccc23)[C@H]2C=CC=CC21)c1ccccc1.